The van der Waals surface area contributed by atoms with E-state index < -0.39 is 0 Å². The Hall–Kier alpha value is -0.770. The zero-order valence-electron chi connectivity index (χ0n) is 9.94. The lowest BCUT2D eigenvalue weighted by Crippen LogP contribution is -2.42. The SMILES string of the molecule is CCN(CC)C(=O)N1CCC(C(C)O)C1. The Bertz CT molecular complexity index is 215. The molecular weight excluding hydrogens is 192 g/mol. The van der Waals surface area contributed by atoms with Gasteiger partial charge in [-0.25, -0.2) is 4.79 Å². The van der Waals surface area contributed by atoms with Crippen LogP contribution >= 0.6 is 0 Å². The largest absolute Gasteiger partial charge is 0.393 e. The lowest BCUT2D eigenvalue weighted by molar-refractivity contribution is 0.124. The second-order valence-electron chi connectivity index (χ2n) is 4.19. The summed E-state index contributed by atoms with van der Waals surface area (Å²) in [5, 5.41) is 9.45. The number of hydrogen-bond acceptors (Lipinski definition) is 2. The average Bonchev–Trinajstić information content (AvgIpc) is 2.68. The molecule has 1 fully saturated rings. The molecule has 0 aromatic carbocycles. The van der Waals surface area contributed by atoms with Crippen LogP contribution in [-0.4, -0.2) is 53.2 Å². The Kier molecular flexibility index (Phi) is 4.39. The van der Waals surface area contributed by atoms with Gasteiger partial charge in [-0.1, -0.05) is 0 Å². The van der Waals surface area contributed by atoms with Crippen molar-refractivity contribution in [2.75, 3.05) is 26.2 Å². The van der Waals surface area contributed by atoms with Crippen molar-refractivity contribution in [3.8, 4) is 0 Å². The Balaban J connectivity index is 2.49. The summed E-state index contributed by atoms with van der Waals surface area (Å²) >= 11 is 0. The van der Waals surface area contributed by atoms with Gasteiger partial charge in [0.1, 0.15) is 0 Å². The molecule has 15 heavy (non-hydrogen) atoms. The fourth-order valence-corrected chi connectivity index (χ4v) is 2.05. The van der Waals surface area contributed by atoms with Gasteiger partial charge < -0.3 is 14.9 Å². The summed E-state index contributed by atoms with van der Waals surface area (Å²) in [5.74, 6) is 0.254. The van der Waals surface area contributed by atoms with Crippen LogP contribution < -0.4 is 0 Å². The Labute approximate surface area is 91.9 Å². The number of urea groups is 1. The molecule has 1 N–H and O–H groups in total. The van der Waals surface area contributed by atoms with Gasteiger partial charge in [-0.3, -0.25) is 0 Å². The molecule has 1 heterocycles. The summed E-state index contributed by atoms with van der Waals surface area (Å²) < 4.78 is 0. The molecule has 1 aliphatic heterocycles. The zero-order valence-corrected chi connectivity index (χ0v) is 9.94. The van der Waals surface area contributed by atoms with Crippen molar-refractivity contribution >= 4 is 6.03 Å². The molecule has 1 aliphatic rings. The number of hydrogen-bond donors (Lipinski definition) is 1. The highest BCUT2D eigenvalue weighted by Gasteiger charge is 2.30. The van der Waals surface area contributed by atoms with Gasteiger partial charge in [-0.05, 0) is 27.2 Å². The average molecular weight is 214 g/mol. The molecular formula is C11H22N2O2. The maximum absolute atomic E-state index is 11.9. The highest BCUT2D eigenvalue weighted by Crippen LogP contribution is 2.20. The molecule has 2 unspecified atom stereocenters. The zero-order chi connectivity index (χ0) is 11.4. The van der Waals surface area contributed by atoms with Gasteiger partial charge in [0, 0.05) is 32.1 Å². The van der Waals surface area contributed by atoms with Gasteiger partial charge >= 0.3 is 6.03 Å². The summed E-state index contributed by atoms with van der Waals surface area (Å²) in [6, 6.07) is 0.114. The van der Waals surface area contributed by atoms with Crippen molar-refractivity contribution in [1.29, 1.82) is 0 Å². The molecule has 4 heteroatoms. The van der Waals surface area contributed by atoms with Crippen molar-refractivity contribution in [2.24, 2.45) is 5.92 Å². The summed E-state index contributed by atoms with van der Waals surface area (Å²) in [5.41, 5.74) is 0. The maximum Gasteiger partial charge on any atom is 0.319 e. The molecule has 0 saturated carbocycles. The topological polar surface area (TPSA) is 43.8 Å². The number of likely N-dealkylation sites (tertiary alicyclic amines) is 1. The van der Waals surface area contributed by atoms with E-state index in [1.807, 2.05) is 23.6 Å². The molecule has 0 bridgehead atoms. The molecule has 0 aromatic heterocycles. The smallest absolute Gasteiger partial charge is 0.319 e. The normalized spacial score (nSPS) is 22.9. The van der Waals surface area contributed by atoms with Crippen molar-refractivity contribution in [3.63, 3.8) is 0 Å². The first kappa shape index (κ1) is 12.3. The third kappa shape index (κ3) is 2.84. The van der Waals surface area contributed by atoms with Crippen molar-refractivity contribution in [3.05, 3.63) is 0 Å². The van der Waals surface area contributed by atoms with Gasteiger partial charge in [-0.2, -0.15) is 0 Å². The van der Waals surface area contributed by atoms with E-state index in [4.69, 9.17) is 0 Å². The van der Waals surface area contributed by atoms with Crippen LogP contribution in [0, 0.1) is 5.92 Å². The lowest BCUT2D eigenvalue weighted by Gasteiger charge is -2.26. The fourth-order valence-electron chi connectivity index (χ4n) is 2.05. The summed E-state index contributed by atoms with van der Waals surface area (Å²) in [4.78, 5) is 15.6. The minimum Gasteiger partial charge on any atom is -0.393 e. The van der Waals surface area contributed by atoms with E-state index in [0.29, 0.717) is 6.54 Å². The van der Waals surface area contributed by atoms with Crippen molar-refractivity contribution < 1.29 is 9.90 Å². The van der Waals surface area contributed by atoms with Crippen LogP contribution in [0.15, 0.2) is 0 Å². The van der Waals surface area contributed by atoms with Crippen LogP contribution in [0.1, 0.15) is 27.2 Å². The Morgan fingerprint density at radius 2 is 2.13 bits per heavy atom. The van der Waals surface area contributed by atoms with Gasteiger partial charge in [0.2, 0.25) is 0 Å². The monoisotopic (exact) mass is 214 g/mol. The number of rotatable bonds is 3. The van der Waals surface area contributed by atoms with Crippen molar-refractivity contribution in [2.45, 2.75) is 33.3 Å². The second kappa shape index (κ2) is 5.35. The first-order chi connectivity index (χ1) is 7.10. The Morgan fingerprint density at radius 3 is 2.53 bits per heavy atom. The minimum absolute atomic E-state index is 0.114. The summed E-state index contributed by atoms with van der Waals surface area (Å²) in [7, 11) is 0. The molecule has 0 spiro atoms. The molecule has 2 amide bonds. The van der Waals surface area contributed by atoms with Gasteiger partial charge in [0.05, 0.1) is 6.10 Å². The number of nitrogens with zero attached hydrogens (tertiary/aromatic N) is 2. The number of amides is 2. The van der Waals surface area contributed by atoms with Crippen molar-refractivity contribution in [1.82, 2.24) is 9.80 Å². The fraction of sp³-hybridized carbons (Fsp3) is 0.909. The Morgan fingerprint density at radius 1 is 1.53 bits per heavy atom. The van der Waals surface area contributed by atoms with Gasteiger partial charge in [-0.15, -0.1) is 0 Å². The van der Waals surface area contributed by atoms with Gasteiger partial charge in [0.25, 0.3) is 0 Å². The van der Waals surface area contributed by atoms with Gasteiger partial charge in [0.15, 0.2) is 0 Å². The molecule has 0 radical (unpaired) electrons. The molecule has 2 atom stereocenters. The third-order valence-electron chi connectivity index (χ3n) is 3.21. The number of aliphatic hydroxyl groups excluding tert-OH is 1. The molecule has 4 nitrogen and oxygen atoms in total. The van der Waals surface area contributed by atoms with Crippen LogP contribution in [-0.2, 0) is 0 Å². The minimum atomic E-state index is -0.306. The van der Waals surface area contributed by atoms with Crippen LogP contribution in [0.4, 0.5) is 4.79 Å². The first-order valence-electron chi connectivity index (χ1n) is 5.82. The van der Waals surface area contributed by atoms with E-state index >= 15 is 0 Å². The number of aliphatic hydroxyl groups is 1. The standard InChI is InChI=1S/C11H22N2O2/c1-4-12(5-2)11(15)13-7-6-10(8-13)9(3)14/h9-10,14H,4-8H2,1-3H3. The van der Waals surface area contributed by atoms with E-state index in [9.17, 15) is 9.90 Å². The second-order valence-corrected chi connectivity index (χ2v) is 4.19. The summed E-state index contributed by atoms with van der Waals surface area (Å²) in [6.07, 6.45) is 0.615. The predicted molar refractivity (Wildman–Crippen MR) is 59.7 cm³/mol. The molecule has 1 rings (SSSR count). The number of carbonyl (C=O) groups is 1. The van der Waals surface area contributed by atoms with Crippen LogP contribution in [0.25, 0.3) is 0 Å². The predicted octanol–water partition coefficient (Wildman–Crippen LogP) is 1.15. The van der Waals surface area contributed by atoms with E-state index in [-0.39, 0.29) is 18.1 Å². The molecule has 88 valence electrons. The number of carbonyl (C=O) groups excluding carboxylic acids is 1. The van der Waals surface area contributed by atoms with E-state index in [1.165, 1.54) is 0 Å². The molecule has 1 saturated heterocycles. The maximum atomic E-state index is 11.9. The van der Waals surface area contributed by atoms with Crippen LogP contribution in [0.2, 0.25) is 0 Å². The van der Waals surface area contributed by atoms with E-state index in [1.54, 1.807) is 6.92 Å². The highest BCUT2D eigenvalue weighted by atomic mass is 16.3. The molecule has 0 aliphatic carbocycles. The van der Waals surface area contributed by atoms with Crippen LogP contribution in [0.5, 0.6) is 0 Å². The summed E-state index contributed by atoms with van der Waals surface area (Å²) in [6.45, 7) is 8.78. The highest BCUT2D eigenvalue weighted by molar-refractivity contribution is 5.74. The first-order valence-corrected chi connectivity index (χ1v) is 5.82. The van der Waals surface area contributed by atoms with E-state index in [2.05, 4.69) is 0 Å². The lowest BCUT2D eigenvalue weighted by atomic mass is 10.0. The third-order valence-corrected chi connectivity index (χ3v) is 3.21. The molecule has 0 aromatic rings. The quantitative estimate of drug-likeness (QED) is 0.766. The van der Waals surface area contributed by atoms with E-state index in [0.717, 1.165) is 26.1 Å². The van der Waals surface area contributed by atoms with Crippen LogP contribution in [0.3, 0.4) is 0 Å².